The topological polar surface area (TPSA) is 95.1 Å². The Morgan fingerprint density at radius 1 is 1.53 bits per heavy atom. The van der Waals surface area contributed by atoms with Gasteiger partial charge in [-0.3, -0.25) is 14.7 Å². The predicted molar refractivity (Wildman–Crippen MR) is 61.6 cm³/mol. The average molecular weight is 239 g/mol. The summed E-state index contributed by atoms with van der Waals surface area (Å²) < 4.78 is 0. The lowest BCUT2D eigenvalue weighted by atomic mass is 9.96. The molecule has 0 spiro atoms. The van der Waals surface area contributed by atoms with Crippen LogP contribution in [0.2, 0.25) is 0 Å². The first-order chi connectivity index (χ1) is 7.93. The van der Waals surface area contributed by atoms with Gasteiger partial charge in [-0.15, -0.1) is 0 Å². The van der Waals surface area contributed by atoms with Crippen LogP contribution in [0.25, 0.3) is 0 Å². The Morgan fingerprint density at radius 2 is 2.18 bits per heavy atom. The third-order valence-corrected chi connectivity index (χ3v) is 2.68. The highest BCUT2D eigenvalue weighted by molar-refractivity contribution is 5.95. The average Bonchev–Trinajstić information content (AvgIpc) is 2.63. The van der Waals surface area contributed by atoms with Gasteiger partial charge in [-0.05, 0) is 12.8 Å². The van der Waals surface area contributed by atoms with Crippen molar-refractivity contribution in [1.29, 1.82) is 0 Å². The van der Waals surface area contributed by atoms with Crippen LogP contribution in [-0.4, -0.2) is 33.7 Å². The van der Waals surface area contributed by atoms with Gasteiger partial charge in [-0.1, -0.05) is 13.8 Å². The van der Waals surface area contributed by atoms with Crippen LogP contribution in [0.5, 0.6) is 0 Å². The zero-order valence-electron chi connectivity index (χ0n) is 10.2. The van der Waals surface area contributed by atoms with Gasteiger partial charge in [0.15, 0.2) is 0 Å². The molecule has 1 aromatic rings. The van der Waals surface area contributed by atoms with E-state index < -0.39 is 11.9 Å². The lowest BCUT2D eigenvalue weighted by molar-refractivity contribution is -0.142. The van der Waals surface area contributed by atoms with Crippen LogP contribution in [0.3, 0.4) is 0 Å². The maximum Gasteiger partial charge on any atom is 0.308 e. The summed E-state index contributed by atoms with van der Waals surface area (Å²) >= 11 is 0. The van der Waals surface area contributed by atoms with Crippen molar-refractivity contribution in [3.63, 3.8) is 0 Å². The van der Waals surface area contributed by atoms with E-state index in [0.29, 0.717) is 11.3 Å². The fourth-order valence-corrected chi connectivity index (χ4v) is 1.49. The van der Waals surface area contributed by atoms with Crippen molar-refractivity contribution in [2.75, 3.05) is 6.54 Å². The van der Waals surface area contributed by atoms with Crippen molar-refractivity contribution in [2.24, 2.45) is 11.8 Å². The van der Waals surface area contributed by atoms with E-state index >= 15 is 0 Å². The number of aryl methyl sites for hydroxylation is 1. The molecule has 0 radical (unpaired) electrons. The van der Waals surface area contributed by atoms with Crippen LogP contribution in [0.4, 0.5) is 0 Å². The summed E-state index contributed by atoms with van der Waals surface area (Å²) in [6.45, 7) is 5.48. The Bertz CT molecular complexity index is 412. The van der Waals surface area contributed by atoms with E-state index in [1.807, 2.05) is 13.8 Å². The van der Waals surface area contributed by atoms with Crippen LogP contribution >= 0.6 is 0 Å². The molecule has 0 aromatic carbocycles. The lowest BCUT2D eigenvalue weighted by Crippen LogP contribution is -2.35. The third-order valence-electron chi connectivity index (χ3n) is 2.68. The predicted octanol–water partition coefficient (Wildman–Crippen LogP) is 0.805. The number of nitrogens with zero attached hydrogens (tertiary/aromatic N) is 1. The van der Waals surface area contributed by atoms with Crippen molar-refractivity contribution in [2.45, 2.75) is 20.8 Å². The number of hydrogen-bond acceptors (Lipinski definition) is 3. The third kappa shape index (κ3) is 3.30. The van der Waals surface area contributed by atoms with Gasteiger partial charge in [-0.25, -0.2) is 0 Å². The zero-order chi connectivity index (χ0) is 13.0. The molecule has 0 fully saturated rings. The number of rotatable bonds is 5. The van der Waals surface area contributed by atoms with Crippen molar-refractivity contribution < 1.29 is 14.7 Å². The summed E-state index contributed by atoms with van der Waals surface area (Å²) in [5.41, 5.74) is 1.11. The first-order valence-corrected chi connectivity index (χ1v) is 5.44. The van der Waals surface area contributed by atoms with Crippen LogP contribution in [0.15, 0.2) is 6.20 Å². The van der Waals surface area contributed by atoms with Crippen molar-refractivity contribution in [3.05, 3.63) is 17.5 Å². The lowest BCUT2D eigenvalue weighted by Gasteiger charge is -2.16. The van der Waals surface area contributed by atoms with E-state index in [1.54, 1.807) is 6.92 Å². The Balaban J connectivity index is 2.59. The summed E-state index contributed by atoms with van der Waals surface area (Å²) in [5, 5.41) is 18.0. The molecule has 0 saturated carbocycles. The molecule has 17 heavy (non-hydrogen) atoms. The molecule has 1 aromatic heterocycles. The number of amides is 1. The Labute approximate surface area is 99.4 Å². The number of carbonyl (C=O) groups excluding carboxylic acids is 1. The molecule has 1 unspecified atom stereocenters. The molecule has 1 rings (SSSR count). The fraction of sp³-hybridized carbons (Fsp3) is 0.545. The number of aliphatic carboxylic acids is 1. The minimum atomic E-state index is -0.899. The molecule has 1 atom stereocenters. The van der Waals surface area contributed by atoms with Gasteiger partial charge in [0.1, 0.15) is 0 Å². The molecular formula is C11H17N3O3. The monoisotopic (exact) mass is 239 g/mol. The Hall–Kier alpha value is -1.85. The van der Waals surface area contributed by atoms with Crippen LogP contribution < -0.4 is 5.32 Å². The molecule has 94 valence electrons. The van der Waals surface area contributed by atoms with Crippen molar-refractivity contribution in [1.82, 2.24) is 15.5 Å². The molecule has 0 saturated heterocycles. The number of hydrogen-bond donors (Lipinski definition) is 3. The maximum atomic E-state index is 11.7. The fourth-order valence-electron chi connectivity index (χ4n) is 1.49. The summed E-state index contributed by atoms with van der Waals surface area (Å²) in [6, 6.07) is 0. The normalized spacial score (nSPS) is 12.5. The SMILES string of the molecule is Cc1[nH]ncc1C(=O)NCC(C(=O)O)C(C)C. The number of nitrogens with one attached hydrogen (secondary N) is 2. The molecular weight excluding hydrogens is 222 g/mol. The first kappa shape index (κ1) is 13.2. The number of carbonyl (C=O) groups is 2. The molecule has 6 nitrogen and oxygen atoms in total. The molecule has 1 heterocycles. The highest BCUT2D eigenvalue weighted by Crippen LogP contribution is 2.10. The van der Waals surface area contributed by atoms with Gasteiger partial charge < -0.3 is 10.4 Å². The number of aromatic nitrogens is 2. The molecule has 0 aliphatic rings. The summed E-state index contributed by atoms with van der Waals surface area (Å²) in [6.07, 6.45) is 1.43. The Morgan fingerprint density at radius 3 is 2.59 bits per heavy atom. The zero-order valence-corrected chi connectivity index (χ0v) is 10.2. The van der Waals surface area contributed by atoms with E-state index in [2.05, 4.69) is 15.5 Å². The quantitative estimate of drug-likeness (QED) is 0.708. The first-order valence-electron chi connectivity index (χ1n) is 5.44. The number of carboxylic acids is 1. The van der Waals surface area contributed by atoms with E-state index in [-0.39, 0.29) is 18.4 Å². The van der Waals surface area contributed by atoms with E-state index in [4.69, 9.17) is 5.11 Å². The smallest absolute Gasteiger partial charge is 0.308 e. The molecule has 0 bridgehead atoms. The van der Waals surface area contributed by atoms with Gasteiger partial charge in [0, 0.05) is 12.2 Å². The van der Waals surface area contributed by atoms with Crippen molar-refractivity contribution in [3.8, 4) is 0 Å². The minimum Gasteiger partial charge on any atom is -0.481 e. The van der Waals surface area contributed by atoms with Gasteiger partial charge in [0.2, 0.25) is 0 Å². The summed E-state index contributed by atoms with van der Waals surface area (Å²) in [5.74, 6) is -1.81. The standard InChI is InChI=1S/C11H17N3O3/c1-6(2)8(11(16)17)4-12-10(15)9-5-13-14-7(9)3/h5-6,8H,4H2,1-3H3,(H,12,15)(H,13,14)(H,16,17). The second-order valence-electron chi connectivity index (χ2n) is 4.31. The van der Waals surface area contributed by atoms with E-state index in [1.165, 1.54) is 6.20 Å². The summed E-state index contributed by atoms with van der Waals surface area (Å²) in [7, 11) is 0. The van der Waals surface area contributed by atoms with Gasteiger partial charge in [-0.2, -0.15) is 5.10 Å². The maximum absolute atomic E-state index is 11.7. The van der Waals surface area contributed by atoms with Crippen LogP contribution in [0.1, 0.15) is 29.9 Å². The largest absolute Gasteiger partial charge is 0.481 e. The van der Waals surface area contributed by atoms with Crippen molar-refractivity contribution >= 4 is 11.9 Å². The number of H-pyrrole nitrogens is 1. The molecule has 0 aliphatic carbocycles. The number of carboxylic acid groups (broad SMARTS) is 1. The molecule has 6 heteroatoms. The van der Waals surface area contributed by atoms with E-state index in [9.17, 15) is 9.59 Å². The van der Waals surface area contributed by atoms with Crippen LogP contribution in [-0.2, 0) is 4.79 Å². The highest BCUT2D eigenvalue weighted by Gasteiger charge is 2.22. The number of aromatic amines is 1. The van der Waals surface area contributed by atoms with Gasteiger partial charge in [0.05, 0.1) is 17.7 Å². The molecule has 3 N–H and O–H groups in total. The van der Waals surface area contributed by atoms with Crippen LogP contribution in [0, 0.1) is 18.8 Å². The highest BCUT2D eigenvalue weighted by atomic mass is 16.4. The molecule has 0 aliphatic heterocycles. The van der Waals surface area contributed by atoms with Gasteiger partial charge >= 0.3 is 5.97 Å². The summed E-state index contributed by atoms with van der Waals surface area (Å²) in [4.78, 5) is 22.6. The van der Waals surface area contributed by atoms with E-state index in [0.717, 1.165) is 0 Å². The molecule has 1 amide bonds. The Kier molecular flexibility index (Phi) is 4.25. The second-order valence-corrected chi connectivity index (χ2v) is 4.31. The minimum absolute atomic E-state index is 0.0294. The van der Waals surface area contributed by atoms with Gasteiger partial charge in [0.25, 0.3) is 5.91 Å². The second kappa shape index (κ2) is 5.47.